The predicted molar refractivity (Wildman–Crippen MR) is 145 cm³/mol. The van der Waals surface area contributed by atoms with Crippen molar-refractivity contribution < 1.29 is 27.4 Å². The Kier molecular flexibility index (Phi) is 7.24. The standard InChI is InChI=1S/C29H29N3O6S/c1-4-20-12-14-24(38-25-9-6-16-30-27(25)36-3)22(18-20)29(15-7-17-37-29)28(33)32-39(34,35)26-10-5-8-23-21(26)13-11-19(2)31-23/h5-6,8-14,16,18H,4,7,15,17H2,1-3H3,(H,32,33)/t29-/m0/s1. The van der Waals surface area contributed by atoms with Gasteiger partial charge in [0.15, 0.2) is 11.4 Å². The van der Waals surface area contributed by atoms with Gasteiger partial charge < -0.3 is 14.2 Å². The van der Waals surface area contributed by atoms with Crippen molar-refractivity contribution in [2.75, 3.05) is 13.7 Å². The van der Waals surface area contributed by atoms with Crippen LogP contribution in [0, 0.1) is 6.92 Å². The molecule has 0 radical (unpaired) electrons. The highest BCUT2D eigenvalue weighted by atomic mass is 32.2. The summed E-state index contributed by atoms with van der Waals surface area (Å²) in [4.78, 5) is 22.5. The molecule has 9 nitrogen and oxygen atoms in total. The van der Waals surface area contributed by atoms with E-state index in [-0.39, 0.29) is 23.8 Å². The molecule has 39 heavy (non-hydrogen) atoms. The zero-order chi connectivity index (χ0) is 27.6. The highest BCUT2D eigenvalue weighted by Crippen LogP contribution is 2.44. The van der Waals surface area contributed by atoms with Crippen LogP contribution in [0.5, 0.6) is 17.4 Å². The second-order valence-corrected chi connectivity index (χ2v) is 10.9. The maximum atomic E-state index is 14.0. The lowest BCUT2D eigenvalue weighted by Gasteiger charge is -2.29. The minimum absolute atomic E-state index is 0.0344. The van der Waals surface area contributed by atoms with Crippen LogP contribution in [0.25, 0.3) is 10.9 Å². The summed E-state index contributed by atoms with van der Waals surface area (Å²) in [6.07, 6.45) is 3.12. The summed E-state index contributed by atoms with van der Waals surface area (Å²) in [5.41, 5.74) is 1.08. The van der Waals surface area contributed by atoms with Crippen LogP contribution in [0.15, 0.2) is 71.8 Å². The summed E-state index contributed by atoms with van der Waals surface area (Å²) in [7, 11) is -2.78. The number of pyridine rings is 2. The van der Waals surface area contributed by atoms with Gasteiger partial charge in [0.2, 0.25) is 0 Å². The molecule has 0 spiro atoms. The molecular formula is C29H29N3O6S. The van der Waals surface area contributed by atoms with Crippen molar-refractivity contribution in [1.29, 1.82) is 0 Å². The lowest BCUT2D eigenvalue weighted by atomic mass is 9.88. The van der Waals surface area contributed by atoms with Gasteiger partial charge >= 0.3 is 0 Å². The number of amides is 1. The minimum Gasteiger partial charge on any atom is -0.478 e. The van der Waals surface area contributed by atoms with Crippen molar-refractivity contribution in [3.8, 4) is 17.4 Å². The first-order valence-corrected chi connectivity index (χ1v) is 14.1. The van der Waals surface area contributed by atoms with E-state index in [1.54, 1.807) is 48.7 Å². The van der Waals surface area contributed by atoms with Crippen molar-refractivity contribution in [3.63, 3.8) is 0 Å². The van der Waals surface area contributed by atoms with Crippen LogP contribution < -0.4 is 14.2 Å². The maximum absolute atomic E-state index is 14.0. The summed E-state index contributed by atoms with van der Waals surface area (Å²) in [6, 6.07) is 17.1. The molecular weight excluding hydrogens is 518 g/mol. The Labute approximate surface area is 227 Å². The van der Waals surface area contributed by atoms with Crippen molar-refractivity contribution in [2.24, 2.45) is 0 Å². The number of benzene rings is 2. The van der Waals surface area contributed by atoms with E-state index in [1.165, 1.54) is 13.2 Å². The van der Waals surface area contributed by atoms with Crippen LogP contribution in [0.4, 0.5) is 0 Å². The zero-order valence-corrected chi connectivity index (χ0v) is 22.7. The molecule has 10 heteroatoms. The third-order valence-corrected chi connectivity index (χ3v) is 8.16. The predicted octanol–water partition coefficient (Wildman–Crippen LogP) is 4.81. The molecule has 0 bridgehead atoms. The monoisotopic (exact) mass is 547 g/mol. The van der Waals surface area contributed by atoms with Gasteiger partial charge in [-0.15, -0.1) is 0 Å². The summed E-state index contributed by atoms with van der Waals surface area (Å²) in [6.45, 7) is 4.11. The topological polar surface area (TPSA) is 117 Å². The van der Waals surface area contributed by atoms with Gasteiger partial charge in [-0.05, 0) is 80.3 Å². The Morgan fingerprint density at radius 1 is 1.10 bits per heavy atom. The van der Waals surface area contributed by atoms with Gasteiger partial charge in [0.1, 0.15) is 5.75 Å². The van der Waals surface area contributed by atoms with Crippen molar-refractivity contribution in [2.45, 2.75) is 43.6 Å². The molecule has 5 rings (SSSR count). The fraction of sp³-hybridized carbons (Fsp3) is 0.276. The molecule has 0 unspecified atom stereocenters. The second-order valence-electron chi connectivity index (χ2n) is 9.29. The highest BCUT2D eigenvalue weighted by molar-refractivity contribution is 7.90. The summed E-state index contributed by atoms with van der Waals surface area (Å²) < 4.78 is 47.1. The van der Waals surface area contributed by atoms with Gasteiger partial charge in [0.25, 0.3) is 21.8 Å². The molecule has 1 fully saturated rings. The number of nitrogens with one attached hydrogen (secondary N) is 1. The van der Waals surface area contributed by atoms with Gasteiger partial charge in [-0.1, -0.05) is 19.1 Å². The third-order valence-electron chi connectivity index (χ3n) is 6.77. The first kappa shape index (κ1) is 26.6. The summed E-state index contributed by atoms with van der Waals surface area (Å²) in [5.74, 6) is 0.188. The summed E-state index contributed by atoms with van der Waals surface area (Å²) in [5, 5.41) is 0.422. The Morgan fingerprint density at radius 3 is 2.69 bits per heavy atom. The molecule has 1 aliphatic rings. The van der Waals surface area contributed by atoms with E-state index in [0.29, 0.717) is 40.8 Å². The number of nitrogens with zero attached hydrogens (tertiary/aromatic N) is 2. The number of carbonyl (C=O) groups excluding carboxylic acids is 1. The molecule has 1 atom stereocenters. The number of carbonyl (C=O) groups is 1. The number of sulfonamides is 1. The third kappa shape index (κ3) is 5.05. The van der Waals surface area contributed by atoms with E-state index >= 15 is 0 Å². The average Bonchev–Trinajstić information content (AvgIpc) is 3.44. The Hall–Kier alpha value is -4.02. The van der Waals surface area contributed by atoms with E-state index in [4.69, 9.17) is 14.2 Å². The highest BCUT2D eigenvalue weighted by Gasteiger charge is 2.48. The first-order chi connectivity index (χ1) is 18.8. The van der Waals surface area contributed by atoms with E-state index in [2.05, 4.69) is 14.7 Å². The van der Waals surface area contributed by atoms with Crippen molar-refractivity contribution in [3.05, 3.63) is 83.7 Å². The second kappa shape index (κ2) is 10.6. The van der Waals surface area contributed by atoms with Gasteiger partial charge in [-0.2, -0.15) is 0 Å². The van der Waals surface area contributed by atoms with Crippen LogP contribution in [0.2, 0.25) is 0 Å². The molecule has 1 N–H and O–H groups in total. The van der Waals surface area contributed by atoms with Crippen molar-refractivity contribution >= 4 is 26.8 Å². The van der Waals surface area contributed by atoms with Gasteiger partial charge in [-0.3, -0.25) is 9.78 Å². The van der Waals surface area contributed by atoms with Crippen molar-refractivity contribution in [1.82, 2.24) is 14.7 Å². The number of fused-ring (bicyclic) bond motifs is 1. The van der Waals surface area contributed by atoms with Crippen LogP contribution in [0.3, 0.4) is 0 Å². The number of ether oxygens (including phenoxy) is 3. The number of aromatic nitrogens is 2. The van der Waals surface area contributed by atoms with Crippen LogP contribution in [0.1, 0.15) is 36.6 Å². The fourth-order valence-corrected chi connectivity index (χ4v) is 6.04. The molecule has 3 heterocycles. The minimum atomic E-state index is -4.27. The molecule has 0 saturated carbocycles. The largest absolute Gasteiger partial charge is 0.478 e. The van der Waals surface area contributed by atoms with E-state index in [0.717, 1.165) is 11.3 Å². The number of hydrogen-bond donors (Lipinski definition) is 1. The SMILES string of the molecule is CCc1ccc(Oc2cccnc2OC)c([C@]2(C(=O)NS(=O)(=O)c3cccc4nc(C)ccc34)CCCO2)c1. The number of rotatable bonds is 8. The lowest BCUT2D eigenvalue weighted by molar-refractivity contribution is -0.140. The number of aryl methyl sites for hydroxylation is 2. The lowest BCUT2D eigenvalue weighted by Crippen LogP contribution is -2.46. The molecule has 202 valence electrons. The van der Waals surface area contributed by atoms with E-state index in [9.17, 15) is 13.2 Å². The van der Waals surface area contributed by atoms with E-state index in [1.807, 2.05) is 26.0 Å². The van der Waals surface area contributed by atoms with Crippen LogP contribution >= 0.6 is 0 Å². The summed E-state index contributed by atoms with van der Waals surface area (Å²) >= 11 is 0. The van der Waals surface area contributed by atoms with E-state index < -0.39 is 21.5 Å². The Balaban J connectivity index is 1.57. The molecule has 2 aromatic carbocycles. The molecule has 1 aliphatic heterocycles. The van der Waals surface area contributed by atoms with Crippen LogP contribution in [-0.4, -0.2) is 38.0 Å². The van der Waals surface area contributed by atoms with Gasteiger partial charge in [0.05, 0.1) is 17.5 Å². The van der Waals surface area contributed by atoms with Gasteiger partial charge in [-0.25, -0.2) is 18.1 Å². The molecule has 0 aliphatic carbocycles. The zero-order valence-electron chi connectivity index (χ0n) is 21.9. The number of methoxy groups -OCH3 is 1. The van der Waals surface area contributed by atoms with Crippen LogP contribution in [-0.2, 0) is 31.6 Å². The smallest absolute Gasteiger partial charge is 0.270 e. The average molecular weight is 548 g/mol. The molecule has 1 amide bonds. The maximum Gasteiger partial charge on any atom is 0.270 e. The Bertz CT molecular complexity index is 1650. The molecule has 1 saturated heterocycles. The quantitative estimate of drug-likeness (QED) is 0.334. The van der Waals surface area contributed by atoms with Gasteiger partial charge in [0, 0.05) is 29.4 Å². The Morgan fingerprint density at radius 2 is 1.95 bits per heavy atom. The first-order valence-electron chi connectivity index (χ1n) is 12.7. The molecule has 4 aromatic rings. The molecule has 2 aromatic heterocycles. The fourth-order valence-electron chi connectivity index (χ4n) is 4.80. The number of hydrogen-bond acceptors (Lipinski definition) is 8. The normalized spacial score (nSPS) is 17.2.